The molecule has 1 aliphatic heterocycles. The van der Waals surface area contributed by atoms with Crippen LogP contribution in [0.15, 0.2) is 67.0 Å². The number of hydrogen-bond donors (Lipinski definition) is 0. The van der Waals surface area contributed by atoms with Crippen LogP contribution in [0.2, 0.25) is 0 Å². The zero-order valence-corrected chi connectivity index (χ0v) is 14.7. The van der Waals surface area contributed by atoms with E-state index in [0.717, 1.165) is 17.1 Å². The third kappa shape index (κ3) is 1.55. The van der Waals surface area contributed by atoms with Gasteiger partial charge in [0.2, 0.25) is 0 Å². The first-order chi connectivity index (χ1) is 12.7. The fourth-order valence-electron chi connectivity index (χ4n) is 4.71. The number of nitrogens with zero attached hydrogens (tertiary/aromatic N) is 1. The van der Waals surface area contributed by atoms with Crippen molar-refractivity contribution < 1.29 is 4.74 Å². The molecule has 3 aromatic carbocycles. The number of aromatic nitrogens is 1. The molecular formula is C24H17NO. The van der Waals surface area contributed by atoms with Crippen LogP contribution in [-0.4, -0.2) is 4.98 Å². The van der Waals surface area contributed by atoms with Crippen LogP contribution in [-0.2, 0) is 5.41 Å². The highest BCUT2D eigenvalue weighted by atomic mass is 16.5. The second-order valence-electron chi connectivity index (χ2n) is 7.67. The Balaban J connectivity index is 1.84. The van der Waals surface area contributed by atoms with Crippen molar-refractivity contribution in [1.82, 2.24) is 4.98 Å². The van der Waals surface area contributed by atoms with E-state index in [1.165, 1.54) is 38.6 Å². The zero-order chi connectivity index (χ0) is 17.5. The second kappa shape index (κ2) is 4.53. The molecule has 2 heteroatoms. The van der Waals surface area contributed by atoms with Crippen molar-refractivity contribution in [2.45, 2.75) is 19.3 Å². The Hall–Kier alpha value is -3.13. The van der Waals surface area contributed by atoms with Gasteiger partial charge in [-0.2, -0.15) is 0 Å². The lowest BCUT2D eigenvalue weighted by Crippen LogP contribution is -2.15. The largest absolute Gasteiger partial charge is 0.456 e. The molecule has 0 saturated heterocycles. The van der Waals surface area contributed by atoms with Crippen LogP contribution in [0.4, 0.5) is 0 Å². The molecule has 2 nitrogen and oxygen atoms in total. The Morgan fingerprint density at radius 1 is 0.808 bits per heavy atom. The van der Waals surface area contributed by atoms with Gasteiger partial charge in [0.05, 0.1) is 0 Å². The normalized spacial score (nSPS) is 15.2. The van der Waals surface area contributed by atoms with Crippen molar-refractivity contribution in [3.8, 4) is 33.8 Å². The van der Waals surface area contributed by atoms with Crippen LogP contribution in [0.5, 0.6) is 11.5 Å². The van der Waals surface area contributed by atoms with Crippen LogP contribution in [0.1, 0.15) is 25.0 Å². The highest BCUT2D eigenvalue weighted by molar-refractivity contribution is 6.12. The van der Waals surface area contributed by atoms with E-state index in [9.17, 15) is 0 Å². The molecule has 4 aromatic rings. The number of pyridine rings is 1. The Morgan fingerprint density at radius 3 is 2.62 bits per heavy atom. The monoisotopic (exact) mass is 335 g/mol. The summed E-state index contributed by atoms with van der Waals surface area (Å²) in [5, 5.41) is 2.46. The number of benzene rings is 3. The lowest BCUT2D eigenvalue weighted by Gasteiger charge is -2.26. The molecule has 124 valence electrons. The van der Waals surface area contributed by atoms with Gasteiger partial charge < -0.3 is 4.74 Å². The SMILES string of the molecule is CC1(C)c2ccccc2-c2c1cc1c3c(cccc23)Oc2ccncc2-1. The van der Waals surface area contributed by atoms with E-state index in [2.05, 4.69) is 67.4 Å². The third-order valence-corrected chi connectivity index (χ3v) is 5.96. The van der Waals surface area contributed by atoms with Gasteiger partial charge in [-0.05, 0) is 51.4 Å². The van der Waals surface area contributed by atoms with E-state index >= 15 is 0 Å². The van der Waals surface area contributed by atoms with E-state index in [0.29, 0.717) is 0 Å². The van der Waals surface area contributed by atoms with Crippen molar-refractivity contribution in [3.63, 3.8) is 0 Å². The van der Waals surface area contributed by atoms with Gasteiger partial charge in [-0.15, -0.1) is 0 Å². The van der Waals surface area contributed by atoms with Crippen LogP contribution >= 0.6 is 0 Å². The zero-order valence-electron chi connectivity index (χ0n) is 14.7. The molecule has 2 heterocycles. The summed E-state index contributed by atoms with van der Waals surface area (Å²) < 4.78 is 6.21. The third-order valence-electron chi connectivity index (χ3n) is 5.96. The van der Waals surface area contributed by atoms with E-state index < -0.39 is 0 Å². The molecular weight excluding hydrogens is 318 g/mol. The Morgan fingerprint density at radius 2 is 1.69 bits per heavy atom. The Kier molecular flexibility index (Phi) is 2.45. The molecule has 1 aromatic heterocycles. The summed E-state index contributed by atoms with van der Waals surface area (Å²) in [4.78, 5) is 4.35. The maximum atomic E-state index is 6.21. The highest BCUT2D eigenvalue weighted by Gasteiger charge is 2.38. The lowest BCUT2D eigenvalue weighted by molar-refractivity contribution is 0.486. The molecule has 0 fully saturated rings. The van der Waals surface area contributed by atoms with Gasteiger partial charge in [0.15, 0.2) is 0 Å². The average Bonchev–Trinajstić information content (AvgIpc) is 2.90. The van der Waals surface area contributed by atoms with Crippen molar-refractivity contribution in [2.75, 3.05) is 0 Å². The van der Waals surface area contributed by atoms with Crippen molar-refractivity contribution >= 4 is 10.8 Å². The maximum Gasteiger partial charge on any atom is 0.138 e. The fraction of sp³-hybridized carbons (Fsp3) is 0.125. The maximum absolute atomic E-state index is 6.21. The Labute approximate surface area is 152 Å². The first-order valence-corrected chi connectivity index (χ1v) is 8.98. The molecule has 26 heavy (non-hydrogen) atoms. The van der Waals surface area contributed by atoms with E-state index in [4.69, 9.17) is 4.74 Å². The number of fused-ring (bicyclic) bond motifs is 6. The van der Waals surface area contributed by atoms with Crippen molar-refractivity contribution in [2.24, 2.45) is 0 Å². The summed E-state index contributed by atoms with van der Waals surface area (Å²) in [6.07, 6.45) is 3.71. The van der Waals surface area contributed by atoms with Gasteiger partial charge in [-0.1, -0.05) is 50.2 Å². The minimum absolute atomic E-state index is 0.0205. The Bertz CT molecular complexity index is 1240. The van der Waals surface area contributed by atoms with E-state index in [1.54, 1.807) is 6.20 Å². The summed E-state index contributed by atoms with van der Waals surface area (Å²) in [5.41, 5.74) is 7.75. The molecule has 0 unspecified atom stereocenters. The molecule has 2 aliphatic rings. The fourth-order valence-corrected chi connectivity index (χ4v) is 4.71. The molecule has 0 N–H and O–H groups in total. The molecule has 0 bridgehead atoms. The summed E-state index contributed by atoms with van der Waals surface area (Å²) in [5.74, 6) is 1.81. The van der Waals surface area contributed by atoms with Crippen LogP contribution < -0.4 is 4.74 Å². The molecule has 0 saturated carbocycles. The predicted octanol–water partition coefficient (Wildman–Crippen LogP) is 6.31. The topological polar surface area (TPSA) is 22.1 Å². The van der Waals surface area contributed by atoms with Crippen LogP contribution in [0, 0.1) is 0 Å². The lowest BCUT2D eigenvalue weighted by atomic mass is 9.80. The number of hydrogen-bond acceptors (Lipinski definition) is 2. The standard InChI is InChI=1S/C24H17NO/c1-24(2)18-8-4-3-6-14(18)22-15-7-5-9-21-23(15)16(12-19(22)24)17-13-25-11-10-20(17)26-21/h3-13H,1-2H3. The highest BCUT2D eigenvalue weighted by Crippen LogP contribution is 2.56. The number of ether oxygens (including phenoxy) is 1. The quantitative estimate of drug-likeness (QED) is 0.331. The van der Waals surface area contributed by atoms with Gasteiger partial charge in [0.1, 0.15) is 11.5 Å². The summed E-state index contributed by atoms with van der Waals surface area (Å²) in [7, 11) is 0. The molecule has 0 atom stereocenters. The summed E-state index contributed by atoms with van der Waals surface area (Å²) in [6, 6.07) is 19.5. The molecule has 0 radical (unpaired) electrons. The minimum Gasteiger partial charge on any atom is -0.456 e. The molecule has 0 spiro atoms. The van der Waals surface area contributed by atoms with Gasteiger partial charge in [-0.3, -0.25) is 4.98 Å². The van der Waals surface area contributed by atoms with Crippen molar-refractivity contribution in [3.05, 3.63) is 78.1 Å². The molecule has 6 rings (SSSR count). The number of rotatable bonds is 0. The van der Waals surface area contributed by atoms with Crippen molar-refractivity contribution in [1.29, 1.82) is 0 Å². The smallest absolute Gasteiger partial charge is 0.138 e. The first-order valence-electron chi connectivity index (χ1n) is 8.98. The molecule has 1 aliphatic carbocycles. The predicted molar refractivity (Wildman–Crippen MR) is 105 cm³/mol. The second-order valence-corrected chi connectivity index (χ2v) is 7.67. The van der Waals surface area contributed by atoms with Gasteiger partial charge in [-0.25, -0.2) is 0 Å². The first kappa shape index (κ1) is 14.1. The van der Waals surface area contributed by atoms with Crippen LogP contribution in [0.3, 0.4) is 0 Å². The van der Waals surface area contributed by atoms with Gasteiger partial charge >= 0.3 is 0 Å². The summed E-state index contributed by atoms with van der Waals surface area (Å²) in [6.45, 7) is 4.65. The van der Waals surface area contributed by atoms with E-state index in [-0.39, 0.29) is 5.41 Å². The van der Waals surface area contributed by atoms with Gasteiger partial charge in [0, 0.05) is 28.8 Å². The van der Waals surface area contributed by atoms with E-state index in [1.807, 2.05) is 12.3 Å². The summed E-state index contributed by atoms with van der Waals surface area (Å²) >= 11 is 0. The molecule has 0 amide bonds. The van der Waals surface area contributed by atoms with Crippen LogP contribution in [0.25, 0.3) is 33.0 Å². The van der Waals surface area contributed by atoms with Gasteiger partial charge in [0.25, 0.3) is 0 Å². The average molecular weight is 335 g/mol. The minimum atomic E-state index is -0.0205.